The highest BCUT2D eigenvalue weighted by Crippen LogP contribution is 2.22. The number of carbonyl (C=O) groups is 2. The van der Waals surface area contributed by atoms with Crippen molar-refractivity contribution < 1.29 is 9.59 Å². The van der Waals surface area contributed by atoms with Crippen molar-refractivity contribution in [2.45, 2.75) is 38.6 Å². The number of imide groups is 1. The van der Waals surface area contributed by atoms with Crippen LogP contribution in [0.25, 0.3) is 0 Å². The van der Waals surface area contributed by atoms with Crippen LogP contribution in [0.5, 0.6) is 0 Å². The number of amides is 2. The first-order valence-electron chi connectivity index (χ1n) is 9.87. The van der Waals surface area contributed by atoms with Crippen LogP contribution in [-0.4, -0.2) is 66.0 Å². The number of anilines is 1. The van der Waals surface area contributed by atoms with Gasteiger partial charge in [0, 0.05) is 64.3 Å². The van der Waals surface area contributed by atoms with Crippen LogP contribution in [0, 0.1) is 0 Å². The minimum absolute atomic E-state index is 0.0438. The van der Waals surface area contributed by atoms with Crippen molar-refractivity contribution in [3.8, 4) is 0 Å². The lowest BCUT2D eigenvalue weighted by Crippen LogP contribution is -2.55. The van der Waals surface area contributed by atoms with E-state index in [1.54, 1.807) is 0 Å². The molecule has 6 nitrogen and oxygen atoms in total. The Hall–Kier alpha value is -1.92. The Bertz CT molecular complexity index is 648. The maximum atomic E-state index is 11.9. The molecule has 2 amide bonds. The molecule has 1 aromatic carbocycles. The summed E-state index contributed by atoms with van der Waals surface area (Å²) in [6.45, 7) is 6.50. The monoisotopic (exact) mass is 356 g/mol. The summed E-state index contributed by atoms with van der Waals surface area (Å²) in [5.74, 6) is -0.0876. The highest BCUT2D eigenvalue weighted by molar-refractivity contribution is 6.01. The molecule has 3 aliphatic rings. The minimum atomic E-state index is -0.0438. The largest absolute Gasteiger partial charge is 0.372 e. The molecule has 0 radical (unpaired) electrons. The normalized spacial score (nSPS) is 23.1. The van der Waals surface area contributed by atoms with E-state index >= 15 is 0 Å². The summed E-state index contributed by atoms with van der Waals surface area (Å²) in [4.78, 5) is 28.7. The van der Waals surface area contributed by atoms with E-state index in [-0.39, 0.29) is 11.8 Å². The molecule has 140 valence electrons. The Labute approximate surface area is 155 Å². The highest BCUT2D eigenvalue weighted by Gasteiger charge is 2.35. The number of hydrogen-bond acceptors (Lipinski definition) is 5. The predicted octanol–water partition coefficient (Wildman–Crippen LogP) is 1.86. The maximum absolute atomic E-state index is 11.9. The van der Waals surface area contributed by atoms with Crippen molar-refractivity contribution in [2.24, 2.45) is 0 Å². The first-order valence-corrected chi connectivity index (χ1v) is 9.87. The van der Waals surface area contributed by atoms with Gasteiger partial charge in [-0.3, -0.25) is 14.5 Å². The van der Waals surface area contributed by atoms with Gasteiger partial charge in [-0.25, -0.2) is 10.0 Å². The first-order chi connectivity index (χ1) is 12.7. The van der Waals surface area contributed by atoms with E-state index in [4.69, 9.17) is 0 Å². The van der Waals surface area contributed by atoms with E-state index < -0.39 is 0 Å². The SMILES string of the molecule is O=C1CCC(=O)N1N1CCN(Cc2cccc(N3CCCCC3)c2)CC1. The van der Waals surface area contributed by atoms with Crippen molar-refractivity contribution in [1.29, 1.82) is 0 Å². The van der Waals surface area contributed by atoms with E-state index in [2.05, 4.69) is 34.1 Å². The van der Waals surface area contributed by atoms with Crippen LogP contribution in [0.3, 0.4) is 0 Å². The van der Waals surface area contributed by atoms with Crippen molar-refractivity contribution in [2.75, 3.05) is 44.2 Å². The molecule has 0 atom stereocenters. The third-order valence-corrected chi connectivity index (χ3v) is 5.69. The Morgan fingerprint density at radius 1 is 0.808 bits per heavy atom. The average molecular weight is 356 g/mol. The predicted molar refractivity (Wildman–Crippen MR) is 100 cm³/mol. The fourth-order valence-corrected chi connectivity index (χ4v) is 4.24. The lowest BCUT2D eigenvalue weighted by Gasteiger charge is -2.38. The summed E-state index contributed by atoms with van der Waals surface area (Å²) in [7, 11) is 0. The van der Waals surface area contributed by atoms with Gasteiger partial charge in [0.25, 0.3) is 0 Å². The van der Waals surface area contributed by atoms with Crippen LogP contribution in [-0.2, 0) is 16.1 Å². The van der Waals surface area contributed by atoms with Gasteiger partial charge in [-0.2, -0.15) is 0 Å². The lowest BCUT2D eigenvalue weighted by molar-refractivity contribution is -0.160. The molecule has 0 bridgehead atoms. The Morgan fingerprint density at radius 3 is 2.19 bits per heavy atom. The van der Waals surface area contributed by atoms with Gasteiger partial charge in [0.1, 0.15) is 0 Å². The fourth-order valence-electron chi connectivity index (χ4n) is 4.24. The van der Waals surface area contributed by atoms with Crippen LogP contribution in [0.2, 0.25) is 0 Å². The molecule has 3 fully saturated rings. The summed E-state index contributed by atoms with van der Waals surface area (Å²) < 4.78 is 0. The number of piperazine rings is 1. The number of benzene rings is 1. The van der Waals surface area contributed by atoms with Gasteiger partial charge >= 0.3 is 0 Å². The molecule has 3 saturated heterocycles. The van der Waals surface area contributed by atoms with Crippen molar-refractivity contribution in [3.63, 3.8) is 0 Å². The van der Waals surface area contributed by atoms with E-state index in [9.17, 15) is 9.59 Å². The molecular weight excluding hydrogens is 328 g/mol. The summed E-state index contributed by atoms with van der Waals surface area (Å²) >= 11 is 0. The summed E-state index contributed by atoms with van der Waals surface area (Å²) in [5.41, 5.74) is 2.68. The molecule has 0 N–H and O–H groups in total. The second-order valence-corrected chi connectivity index (χ2v) is 7.55. The molecule has 26 heavy (non-hydrogen) atoms. The molecule has 0 unspecified atom stereocenters. The Balaban J connectivity index is 1.33. The van der Waals surface area contributed by atoms with E-state index in [1.807, 2.05) is 5.01 Å². The maximum Gasteiger partial charge on any atom is 0.244 e. The van der Waals surface area contributed by atoms with Crippen LogP contribution in [0.15, 0.2) is 24.3 Å². The second kappa shape index (κ2) is 7.76. The summed E-state index contributed by atoms with van der Waals surface area (Å²) in [6.07, 6.45) is 4.66. The van der Waals surface area contributed by atoms with Crippen molar-refractivity contribution in [1.82, 2.24) is 14.9 Å². The minimum Gasteiger partial charge on any atom is -0.372 e. The molecule has 1 aromatic rings. The number of carbonyl (C=O) groups excluding carboxylic acids is 2. The second-order valence-electron chi connectivity index (χ2n) is 7.55. The van der Waals surface area contributed by atoms with Gasteiger partial charge in [-0.15, -0.1) is 0 Å². The smallest absolute Gasteiger partial charge is 0.244 e. The Morgan fingerprint density at radius 2 is 1.50 bits per heavy atom. The number of hydrogen-bond donors (Lipinski definition) is 0. The van der Waals surface area contributed by atoms with E-state index in [0.29, 0.717) is 12.8 Å². The third kappa shape index (κ3) is 3.76. The highest BCUT2D eigenvalue weighted by atomic mass is 16.2. The average Bonchev–Trinajstić information content (AvgIpc) is 3.02. The van der Waals surface area contributed by atoms with Gasteiger partial charge in [0.2, 0.25) is 11.8 Å². The molecule has 3 heterocycles. The Kier molecular flexibility index (Phi) is 5.22. The first kappa shape index (κ1) is 17.5. The molecule has 0 spiro atoms. The zero-order valence-corrected chi connectivity index (χ0v) is 15.4. The van der Waals surface area contributed by atoms with Gasteiger partial charge in [0.05, 0.1) is 0 Å². The van der Waals surface area contributed by atoms with Crippen LogP contribution in [0.1, 0.15) is 37.7 Å². The van der Waals surface area contributed by atoms with Crippen LogP contribution < -0.4 is 4.90 Å². The molecule has 4 rings (SSSR count). The fraction of sp³-hybridized carbons (Fsp3) is 0.600. The number of hydrazine groups is 1. The van der Waals surface area contributed by atoms with E-state index in [1.165, 1.54) is 48.6 Å². The van der Waals surface area contributed by atoms with Gasteiger partial charge in [0.15, 0.2) is 0 Å². The lowest BCUT2D eigenvalue weighted by atomic mass is 10.1. The standard InChI is InChI=1S/C20H28N4O2/c25-19-7-8-20(26)24(19)23-13-11-21(12-14-23)16-17-5-4-6-18(15-17)22-9-2-1-3-10-22/h4-6,15H,1-3,7-14,16H2. The van der Waals surface area contributed by atoms with Crippen molar-refractivity contribution >= 4 is 17.5 Å². The van der Waals surface area contributed by atoms with Gasteiger partial charge < -0.3 is 4.90 Å². The third-order valence-electron chi connectivity index (χ3n) is 5.69. The zero-order chi connectivity index (χ0) is 17.9. The summed E-state index contributed by atoms with van der Waals surface area (Å²) in [6, 6.07) is 8.91. The summed E-state index contributed by atoms with van der Waals surface area (Å²) in [5, 5.41) is 3.31. The molecule has 3 aliphatic heterocycles. The van der Waals surface area contributed by atoms with Crippen LogP contribution in [0.4, 0.5) is 5.69 Å². The number of nitrogens with zero attached hydrogens (tertiary/aromatic N) is 4. The van der Waals surface area contributed by atoms with E-state index in [0.717, 1.165) is 32.7 Å². The molecule has 0 aliphatic carbocycles. The number of rotatable bonds is 4. The topological polar surface area (TPSA) is 47.1 Å². The van der Waals surface area contributed by atoms with Crippen LogP contribution >= 0.6 is 0 Å². The van der Waals surface area contributed by atoms with Gasteiger partial charge in [-0.1, -0.05) is 12.1 Å². The zero-order valence-electron chi connectivity index (χ0n) is 15.4. The molecule has 6 heteroatoms. The quantitative estimate of drug-likeness (QED) is 0.771. The van der Waals surface area contributed by atoms with Crippen molar-refractivity contribution in [3.05, 3.63) is 29.8 Å². The molecule has 0 aromatic heterocycles. The molecular formula is C20H28N4O2. The molecule has 0 saturated carbocycles. The number of piperidine rings is 1. The van der Waals surface area contributed by atoms with Gasteiger partial charge in [-0.05, 0) is 37.0 Å².